The number of aliphatic hydroxyl groups is 1. The van der Waals surface area contributed by atoms with Crippen molar-refractivity contribution in [2.24, 2.45) is 11.8 Å². The van der Waals surface area contributed by atoms with Gasteiger partial charge in [-0.1, -0.05) is 93.1 Å². The number of hydrogen-bond donors (Lipinski definition) is 2. The molecular formula is C27H30FNO. The summed E-state index contributed by atoms with van der Waals surface area (Å²) in [5.41, 5.74) is 2.03. The van der Waals surface area contributed by atoms with Crippen molar-refractivity contribution in [2.45, 2.75) is 44.4 Å². The first-order valence-electron chi connectivity index (χ1n) is 10.9. The van der Waals surface area contributed by atoms with Gasteiger partial charge in [-0.2, -0.15) is 0 Å². The highest BCUT2D eigenvalue weighted by atomic mass is 19.1. The van der Waals surface area contributed by atoms with Crippen molar-refractivity contribution in [1.82, 2.24) is 5.32 Å². The molecule has 4 rings (SSSR count). The topological polar surface area (TPSA) is 32.3 Å². The largest absolute Gasteiger partial charge is 0.384 e. The molecule has 3 aromatic carbocycles. The fourth-order valence-corrected chi connectivity index (χ4v) is 5.23. The maximum Gasteiger partial charge on any atom is 0.123 e. The van der Waals surface area contributed by atoms with Crippen LogP contribution < -0.4 is 5.32 Å². The summed E-state index contributed by atoms with van der Waals surface area (Å²) in [5, 5.41) is 16.3. The molecular weight excluding hydrogens is 373 g/mol. The Labute approximate surface area is 178 Å². The van der Waals surface area contributed by atoms with Gasteiger partial charge < -0.3 is 10.4 Å². The van der Waals surface area contributed by atoms with Gasteiger partial charge in [-0.25, -0.2) is 4.39 Å². The molecule has 3 aromatic rings. The van der Waals surface area contributed by atoms with Gasteiger partial charge in [-0.15, -0.1) is 0 Å². The monoisotopic (exact) mass is 403 g/mol. The summed E-state index contributed by atoms with van der Waals surface area (Å²) in [4.78, 5) is 0. The molecule has 3 heteroatoms. The Hall–Kier alpha value is -2.49. The first-order chi connectivity index (χ1) is 14.6. The van der Waals surface area contributed by atoms with E-state index >= 15 is 0 Å². The van der Waals surface area contributed by atoms with E-state index in [2.05, 4.69) is 43.4 Å². The molecule has 0 aromatic heterocycles. The predicted octanol–water partition coefficient (Wildman–Crippen LogP) is 6.15. The maximum atomic E-state index is 13.7. The van der Waals surface area contributed by atoms with Crippen LogP contribution in [0.25, 0.3) is 0 Å². The zero-order valence-corrected chi connectivity index (χ0v) is 17.6. The molecule has 0 amide bonds. The summed E-state index contributed by atoms with van der Waals surface area (Å²) in [6.45, 7) is 4.26. The summed E-state index contributed by atoms with van der Waals surface area (Å²) in [6, 6.07) is 27.1. The van der Waals surface area contributed by atoms with E-state index in [9.17, 15) is 9.50 Å². The van der Waals surface area contributed by atoms with Gasteiger partial charge in [0.25, 0.3) is 0 Å². The molecule has 5 atom stereocenters. The van der Waals surface area contributed by atoms with Crippen LogP contribution >= 0.6 is 0 Å². The highest BCUT2D eigenvalue weighted by Gasteiger charge is 2.53. The summed E-state index contributed by atoms with van der Waals surface area (Å²) in [7, 11) is 0. The molecule has 0 unspecified atom stereocenters. The Kier molecular flexibility index (Phi) is 6.03. The Morgan fingerprint density at radius 2 is 1.37 bits per heavy atom. The van der Waals surface area contributed by atoms with Crippen LogP contribution in [-0.2, 0) is 5.60 Å². The third kappa shape index (κ3) is 3.68. The van der Waals surface area contributed by atoms with Gasteiger partial charge in [0.2, 0.25) is 0 Å². The number of benzene rings is 3. The molecule has 0 aliphatic carbocycles. The van der Waals surface area contributed by atoms with Crippen LogP contribution in [0.2, 0.25) is 0 Å². The van der Waals surface area contributed by atoms with E-state index in [1.165, 1.54) is 17.7 Å². The van der Waals surface area contributed by atoms with Crippen LogP contribution in [0.5, 0.6) is 0 Å². The number of nitrogens with one attached hydrogen (secondary N) is 1. The third-order valence-electron chi connectivity index (χ3n) is 6.74. The lowest BCUT2D eigenvalue weighted by molar-refractivity contribution is -0.127. The molecule has 0 radical (unpaired) electrons. The van der Waals surface area contributed by atoms with Crippen molar-refractivity contribution in [3.63, 3.8) is 0 Å². The second-order valence-electron chi connectivity index (χ2n) is 8.46. The standard InChI is InChI=1S/C27H30FNO/c1-3-10-24-26(21-13-8-5-9-14-21)29-25(20-11-6-4-7-12-20)19(2)27(24,30)22-15-17-23(28)18-16-22/h4-9,11-19,24-26,29-30H,3,10H2,1-2H3/t19-,24+,25-,26-,27+/m0/s1. The lowest BCUT2D eigenvalue weighted by Crippen LogP contribution is -2.56. The van der Waals surface area contributed by atoms with Gasteiger partial charge in [-0.3, -0.25) is 0 Å². The summed E-state index contributed by atoms with van der Waals surface area (Å²) >= 11 is 0. The van der Waals surface area contributed by atoms with Crippen LogP contribution in [0.4, 0.5) is 4.39 Å². The summed E-state index contributed by atoms with van der Waals surface area (Å²) < 4.78 is 13.7. The molecule has 2 nitrogen and oxygen atoms in total. The van der Waals surface area contributed by atoms with Gasteiger partial charge in [0.15, 0.2) is 0 Å². The Balaban J connectivity index is 1.88. The minimum atomic E-state index is -1.09. The maximum absolute atomic E-state index is 13.7. The van der Waals surface area contributed by atoms with E-state index in [1.54, 1.807) is 12.1 Å². The van der Waals surface area contributed by atoms with Crippen molar-refractivity contribution in [2.75, 3.05) is 0 Å². The van der Waals surface area contributed by atoms with E-state index in [0.29, 0.717) is 0 Å². The van der Waals surface area contributed by atoms with Crippen molar-refractivity contribution in [3.05, 3.63) is 107 Å². The molecule has 1 fully saturated rings. The molecule has 0 spiro atoms. The van der Waals surface area contributed by atoms with E-state index < -0.39 is 5.60 Å². The fourth-order valence-electron chi connectivity index (χ4n) is 5.23. The predicted molar refractivity (Wildman–Crippen MR) is 119 cm³/mol. The smallest absolute Gasteiger partial charge is 0.123 e. The first kappa shape index (κ1) is 20.8. The fraction of sp³-hybridized carbons (Fsp3) is 0.333. The minimum Gasteiger partial charge on any atom is -0.384 e. The molecule has 0 bridgehead atoms. The molecule has 1 aliphatic heterocycles. The van der Waals surface area contributed by atoms with Gasteiger partial charge >= 0.3 is 0 Å². The first-order valence-corrected chi connectivity index (χ1v) is 10.9. The average molecular weight is 404 g/mol. The minimum absolute atomic E-state index is 0.0115. The van der Waals surface area contributed by atoms with E-state index in [-0.39, 0.29) is 29.7 Å². The van der Waals surface area contributed by atoms with Crippen LogP contribution in [-0.4, -0.2) is 5.11 Å². The Morgan fingerprint density at radius 1 is 0.833 bits per heavy atom. The molecule has 0 saturated carbocycles. The van der Waals surface area contributed by atoms with Crippen LogP contribution in [0.15, 0.2) is 84.9 Å². The Bertz CT molecular complexity index is 944. The van der Waals surface area contributed by atoms with Crippen LogP contribution in [0.3, 0.4) is 0 Å². The van der Waals surface area contributed by atoms with Gasteiger partial charge in [0.05, 0.1) is 5.60 Å². The second kappa shape index (κ2) is 8.71. The van der Waals surface area contributed by atoms with Crippen LogP contribution in [0.1, 0.15) is 55.5 Å². The van der Waals surface area contributed by atoms with Crippen LogP contribution in [0, 0.1) is 17.7 Å². The van der Waals surface area contributed by atoms with Gasteiger partial charge in [0, 0.05) is 23.9 Å². The lowest BCUT2D eigenvalue weighted by atomic mass is 9.61. The highest BCUT2D eigenvalue weighted by molar-refractivity contribution is 5.33. The number of rotatable bonds is 5. The average Bonchev–Trinajstić information content (AvgIpc) is 2.79. The van der Waals surface area contributed by atoms with Crippen molar-refractivity contribution < 1.29 is 9.50 Å². The van der Waals surface area contributed by atoms with Crippen molar-refractivity contribution in [1.29, 1.82) is 0 Å². The molecule has 30 heavy (non-hydrogen) atoms. The molecule has 1 aliphatic rings. The molecule has 2 N–H and O–H groups in total. The highest BCUT2D eigenvalue weighted by Crippen LogP contribution is 2.53. The molecule has 1 saturated heterocycles. The summed E-state index contributed by atoms with van der Waals surface area (Å²) in [6.07, 6.45) is 1.83. The van der Waals surface area contributed by atoms with E-state index in [4.69, 9.17) is 0 Å². The Morgan fingerprint density at radius 3 is 1.90 bits per heavy atom. The number of hydrogen-bond acceptors (Lipinski definition) is 2. The van der Waals surface area contributed by atoms with Gasteiger partial charge in [0.1, 0.15) is 5.82 Å². The summed E-state index contributed by atoms with van der Waals surface area (Å²) in [5.74, 6) is -0.414. The zero-order valence-electron chi connectivity index (χ0n) is 17.6. The normalized spacial score (nSPS) is 28.9. The third-order valence-corrected chi connectivity index (χ3v) is 6.74. The SMILES string of the molecule is CCC[C@@H]1[C@H](c2ccccc2)N[C@H](c2ccccc2)[C@H](C)[C@@]1(O)c1ccc(F)cc1. The quantitative estimate of drug-likeness (QED) is 0.535. The number of halogens is 1. The zero-order chi connectivity index (χ0) is 21.1. The molecule has 1 heterocycles. The van der Waals surface area contributed by atoms with E-state index in [1.807, 2.05) is 36.4 Å². The lowest BCUT2D eigenvalue weighted by Gasteiger charge is -2.53. The van der Waals surface area contributed by atoms with Gasteiger partial charge in [-0.05, 0) is 35.2 Å². The van der Waals surface area contributed by atoms with E-state index in [0.717, 1.165) is 24.0 Å². The van der Waals surface area contributed by atoms with Crippen molar-refractivity contribution >= 4 is 0 Å². The van der Waals surface area contributed by atoms with Crippen molar-refractivity contribution in [3.8, 4) is 0 Å². The second-order valence-corrected chi connectivity index (χ2v) is 8.46. The molecule has 156 valence electrons. The number of piperidine rings is 1.